The second kappa shape index (κ2) is 5.21. The van der Waals surface area contributed by atoms with E-state index >= 15 is 0 Å². The van der Waals surface area contributed by atoms with E-state index in [1.807, 2.05) is 12.1 Å². The van der Waals surface area contributed by atoms with Gasteiger partial charge in [-0.25, -0.2) is 0 Å². The van der Waals surface area contributed by atoms with Crippen molar-refractivity contribution in [2.75, 3.05) is 13.2 Å². The lowest BCUT2D eigenvalue weighted by Crippen LogP contribution is -2.38. The first kappa shape index (κ1) is 12.5. The van der Waals surface area contributed by atoms with Crippen molar-refractivity contribution in [2.45, 2.75) is 31.7 Å². The average molecular weight is 261 g/mol. The summed E-state index contributed by atoms with van der Waals surface area (Å²) in [4.78, 5) is 12.5. The van der Waals surface area contributed by atoms with Gasteiger partial charge in [-0.15, -0.1) is 0 Å². The van der Waals surface area contributed by atoms with Crippen molar-refractivity contribution in [1.82, 2.24) is 0 Å². The number of ether oxygens (including phenoxy) is 2. The van der Waals surface area contributed by atoms with Crippen molar-refractivity contribution in [3.05, 3.63) is 23.8 Å². The summed E-state index contributed by atoms with van der Waals surface area (Å²) in [5.41, 5.74) is 6.76. The second-order valence-corrected chi connectivity index (χ2v) is 5.28. The van der Waals surface area contributed by atoms with E-state index in [2.05, 4.69) is 0 Å². The van der Waals surface area contributed by atoms with E-state index in [-0.39, 0.29) is 17.7 Å². The fraction of sp³-hybridized carbons (Fsp3) is 0.533. The third kappa shape index (κ3) is 2.45. The normalized spacial score (nSPS) is 25.9. The van der Waals surface area contributed by atoms with Crippen LogP contribution in [0.15, 0.2) is 18.2 Å². The van der Waals surface area contributed by atoms with Crippen molar-refractivity contribution in [3.8, 4) is 11.5 Å². The Bertz CT molecular complexity index is 486. The number of ketones is 1. The van der Waals surface area contributed by atoms with E-state index in [4.69, 9.17) is 15.2 Å². The summed E-state index contributed by atoms with van der Waals surface area (Å²) in [7, 11) is 0. The molecular formula is C15H19NO3. The van der Waals surface area contributed by atoms with E-state index in [0.29, 0.717) is 24.5 Å². The summed E-state index contributed by atoms with van der Waals surface area (Å²) in [5, 5.41) is 0. The van der Waals surface area contributed by atoms with Crippen LogP contribution < -0.4 is 15.2 Å². The van der Waals surface area contributed by atoms with Gasteiger partial charge >= 0.3 is 0 Å². The van der Waals surface area contributed by atoms with Gasteiger partial charge < -0.3 is 15.2 Å². The lowest BCUT2D eigenvalue weighted by Gasteiger charge is -2.27. The molecule has 0 aromatic heterocycles. The maximum atomic E-state index is 12.5. The minimum Gasteiger partial charge on any atom is -0.486 e. The molecule has 2 unspecified atom stereocenters. The number of hydrogen-bond acceptors (Lipinski definition) is 4. The lowest BCUT2D eigenvalue weighted by atomic mass is 9.80. The van der Waals surface area contributed by atoms with E-state index in [9.17, 15) is 4.79 Å². The van der Waals surface area contributed by atoms with Gasteiger partial charge in [-0.05, 0) is 31.0 Å². The van der Waals surface area contributed by atoms with Gasteiger partial charge in [0.05, 0.1) is 0 Å². The molecular weight excluding hydrogens is 242 g/mol. The molecule has 0 amide bonds. The van der Waals surface area contributed by atoms with Crippen LogP contribution in [0.25, 0.3) is 0 Å². The van der Waals surface area contributed by atoms with Crippen LogP contribution in [-0.4, -0.2) is 25.0 Å². The zero-order valence-electron chi connectivity index (χ0n) is 10.9. The van der Waals surface area contributed by atoms with Crippen LogP contribution in [0.2, 0.25) is 0 Å². The number of nitrogens with two attached hydrogens (primary N) is 1. The number of carbonyl (C=O) groups is 1. The maximum Gasteiger partial charge on any atom is 0.167 e. The molecule has 1 aliphatic carbocycles. The summed E-state index contributed by atoms with van der Waals surface area (Å²) in [6.07, 6.45) is 4.07. The summed E-state index contributed by atoms with van der Waals surface area (Å²) < 4.78 is 11.0. The summed E-state index contributed by atoms with van der Waals surface area (Å²) in [5.74, 6) is 1.48. The second-order valence-electron chi connectivity index (χ2n) is 5.28. The fourth-order valence-electron chi connectivity index (χ4n) is 2.90. The summed E-state index contributed by atoms with van der Waals surface area (Å²) in [6.45, 7) is 1.10. The first-order chi connectivity index (χ1) is 9.25. The van der Waals surface area contributed by atoms with E-state index < -0.39 is 0 Å². The minimum atomic E-state index is -0.0451. The molecule has 1 fully saturated rings. The monoisotopic (exact) mass is 261 g/mol. The summed E-state index contributed by atoms with van der Waals surface area (Å²) in [6, 6.07) is 5.42. The zero-order valence-corrected chi connectivity index (χ0v) is 10.9. The predicted octanol–water partition coefficient (Wildman–Crippen LogP) is 2.16. The highest BCUT2D eigenvalue weighted by Crippen LogP contribution is 2.33. The van der Waals surface area contributed by atoms with Crippen LogP contribution in [0.5, 0.6) is 11.5 Å². The van der Waals surface area contributed by atoms with Gasteiger partial charge in [-0.1, -0.05) is 12.8 Å². The van der Waals surface area contributed by atoms with Crippen molar-refractivity contribution in [3.63, 3.8) is 0 Å². The van der Waals surface area contributed by atoms with E-state index in [0.717, 1.165) is 31.4 Å². The molecule has 102 valence electrons. The molecule has 1 aromatic carbocycles. The molecule has 0 saturated heterocycles. The van der Waals surface area contributed by atoms with Crippen molar-refractivity contribution in [2.24, 2.45) is 11.7 Å². The molecule has 0 spiro atoms. The third-order valence-corrected chi connectivity index (χ3v) is 3.98. The standard InChI is InChI=1S/C15H19NO3/c16-12-4-2-1-3-11(12)15(17)10-5-6-13-14(9-10)19-8-7-18-13/h5-6,9,11-12H,1-4,7-8,16H2. The summed E-state index contributed by atoms with van der Waals surface area (Å²) >= 11 is 0. The number of hydrogen-bond donors (Lipinski definition) is 1. The molecule has 4 heteroatoms. The molecule has 1 heterocycles. The Morgan fingerprint density at radius 3 is 2.63 bits per heavy atom. The average Bonchev–Trinajstić information content (AvgIpc) is 2.46. The SMILES string of the molecule is NC1CCCCC1C(=O)c1ccc2c(c1)OCCO2. The molecule has 1 aromatic rings. The van der Waals surface area contributed by atoms with Crippen molar-refractivity contribution in [1.29, 1.82) is 0 Å². The molecule has 2 N–H and O–H groups in total. The number of benzene rings is 1. The molecule has 3 rings (SSSR count). The largest absolute Gasteiger partial charge is 0.486 e. The van der Waals surface area contributed by atoms with Crippen LogP contribution in [0.1, 0.15) is 36.0 Å². The Kier molecular flexibility index (Phi) is 3.42. The van der Waals surface area contributed by atoms with Crippen molar-refractivity contribution < 1.29 is 14.3 Å². The zero-order chi connectivity index (χ0) is 13.2. The van der Waals surface area contributed by atoms with Gasteiger partial charge in [0.15, 0.2) is 17.3 Å². The molecule has 0 radical (unpaired) electrons. The Labute approximate surface area is 112 Å². The van der Waals surface area contributed by atoms with E-state index in [1.54, 1.807) is 6.07 Å². The molecule has 2 atom stereocenters. The molecule has 4 nitrogen and oxygen atoms in total. The van der Waals surface area contributed by atoms with Gasteiger partial charge in [-0.2, -0.15) is 0 Å². The molecule has 2 aliphatic rings. The van der Waals surface area contributed by atoms with Gasteiger partial charge in [-0.3, -0.25) is 4.79 Å². The molecule has 1 aliphatic heterocycles. The smallest absolute Gasteiger partial charge is 0.167 e. The lowest BCUT2D eigenvalue weighted by molar-refractivity contribution is 0.0870. The van der Waals surface area contributed by atoms with E-state index in [1.165, 1.54) is 0 Å². The Morgan fingerprint density at radius 1 is 1.11 bits per heavy atom. The quantitative estimate of drug-likeness (QED) is 0.829. The van der Waals surface area contributed by atoms with Crippen LogP contribution >= 0.6 is 0 Å². The maximum absolute atomic E-state index is 12.5. The van der Waals surface area contributed by atoms with Gasteiger partial charge in [0, 0.05) is 17.5 Å². The highest BCUT2D eigenvalue weighted by Gasteiger charge is 2.29. The van der Waals surface area contributed by atoms with Gasteiger partial charge in [0.25, 0.3) is 0 Å². The number of Topliss-reactive ketones (excluding diaryl/α,β-unsaturated/α-hetero) is 1. The first-order valence-electron chi connectivity index (χ1n) is 6.95. The highest BCUT2D eigenvalue weighted by atomic mass is 16.6. The number of fused-ring (bicyclic) bond motifs is 1. The van der Waals surface area contributed by atoms with Gasteiger partial charge in [0.1, 0.15) is 13.2 Å². The molecule has 0 bridgehead atoms. The Balaban J connectivity index is 1.83. The minimum absolute atomic E-state index is 0.00514. The van der Waals surface area contributed by atoms with Crippen LogP contribution in [0, 0.1) is 5.92 Å². The van der Waals surface area contributed by atoms with Crippen molar-refractivity contribution >= 4 is 5.78 Å². The number of rotatable bonds is 2. The van der Waals surface area contributed by atoms with Crippen LogP contribution in [-0.2, 0) is 0 Å². The molecule has 19 heavy (non-hydrogen) atoms. The predicted molar refractivity (Wildman–Crippen MR) is 71.7 cm³/mol. The first-order valence-corrected chi connectivity index (χ1v) is 6.95. The Hall–Kier alpha value is -1.55. The van der Waals surface area contributed by atoms with Crippen LogP contribution in [0.4, 0.5) is 0 Å². The third-order valence-electron chi connectivity index (χ3n) is 3.98. The number of carbonyl (C=O) groups excluding carboxylic acids is 1. The van der Waals surface area contributed by atoms with Gasteiger partial charge in [0.2, 0.25) is 0 Å². The van der Waals surface area contributed by atoms with Crippen LogP contribution in [0.3, 0.4) is 0 Å². The highest BCUT2D eigenvalue weighted by molar-refractivity contribution is 5.99. The fourth-order valence-corrected chi connectivity index (χ4v) is 2.90. The Morgan fingerprint density at radius 2 is 1.84 bits per heavy atom. The molecule has 1 saturated carbocycles. The topological polar surface area (TPSA) is 61.6 Å².